The lowest BCUT2D eigenvalue weighted by molar-refractivity contribution is 1.15. The van der Waals surface area contributed by atoms with Gasteiger partial charge in [-0.15, -0.1) is 0 Å². The lowest BCUT2D eigenvalue weighted by atomic mass is 10.2. The van der Waals surface area contributed by atoms with Gasteiger partial charge < -0.3 is 0 Å². The normalized spacial score (nSPS) is 10.6. The van der Waals surface area contributed by atoms with Gasteiger partial charge in [0.1, 0.15) is 0 Å². The fourth-order valence-electron chi connectivity index (χ4n) is 1.27. The molecule has 0 amide bonds. The largest absolute Gasteiger partial charge is 0.237 e. The van der Waals surface area contributed by atoms with Crippen molar-refractivity contribution in [3.8, 4) is 0 Å². The SMILES string of the molecule is Cc1nc2ncccc2cc1CBr. The minimum atomic E-state index is 0.824. The summed E-state index contributed by atoms with van der Waals surface area (Å²) in [4.78, 5) is 8.60. The highest BCUT2D eigenvalue weighted by molar-refractivity contribution is 9.08. The zero-order valence-corrected chi connectivity index (χ0v) is 8.87. The second-order valence-electron chi connectivity index (χ2n) is 2.92. The summed E-state index contributed by atoms with van der Waals surface area (Å²) in [6.45, 7) is 2.00. The van der Waals surface area contributed by atoms with Crippen LogP contribution in [0.4, 0.5) is 0 Å². The molecule has 0 fully saturated rings. The molecule has 2 nitrogen and oxygen atoms in total. The Kier molecular flexibility index (Phi) is 2.27. The molecule has 2 aromatic heterocycles. The smallest absolute Gasteiger partial charge is 0.159 e. The van der Waals surface area contributed by atoms with Crippen LogP contribution in [0.25, 0.3) is 11.0 Å². The van der Waals surface area contributed by atoms with Crippen molar-refractivity contribution in [3.63, 3.8) is 0 Å². The van der Waals surface area contributed by atoms with Crippen LogP contribution in [0.3, 0.4) is 0 Å². The number of alkyl halides is 1. The van der Waals surface area contributed by atoms with Crippen molar-refractivity contribution in [2.45, 2.75) is 12.3 Å². The molecule has 0 saturated heterocycles. The number of hydrogen-bond acceptors (Lipinski definition) is 2. The maximum atomic E-state index is 4.41. The molecule has 0 aromatic carbocycles. The Morgan fingerprint density at radius 1 is 1.46 bits per heavy atom. The summed E-state index contributed by atoms with van der Waals surface area (Å²) in [5, 5.41) is 1.94. The van der Waals surface area contributed by atoms with Crippen molar-refractivity contribution >= 4 is 27.0 Å². The molecular weight excluding hydrogens is 228 g/mol. The van der Waals surface area contributed by atoms with Crippen LogP contribution in [0.15, 0.2) is 24.4 Å². The van der Waals surface area contributed by atoms with Gasteiger partial charge in [-0.2, -0.15) is 0 Å². The van der Waals surface area contributed by atoms with Gasteiger partial charge in [-0.25, -0.2) is 9.97 Å². The Morgan fingerprint density at radius 2 is 2.31 bits per heavy atom. The summed E-state index contributed by atoms with van der Waals surface area (Å²) in [6, 6.07) is 6.08. The summed E-state index contributed by atoms with van der Waals surface area (Å²) in [5.74, 6) is 0. The highest BCUT2D eigenvalue weighted by Crippen LogP contribution is 2.16. The van der Waals surface area contributed by atoms with Crippen LogP contribution in [0, 0.1) is 6.92 Å². The molecule has 0 atom stereocenters. The summed E-state index contributed by atoms with van der Waals surface area (Å²) in [6.07, 6.45) is 1.77. The molecule has 0 aliphatic carbocycles. The Balaban J connectivity index is 2.74. The van der Waals surface area contributed by atoms with Crippen LogP contribution in [0.5, 0.6) is 0 Å². The first-order valence-corrected chi connectivity index (χ1v) is 5.20. The van der Waals surface area contributed by atoms with E-state index in [9.17, 15) is 0 Å². The second kappa shape index (κ2) is 3.42. The second-order valence-corrected chi connectivity index (χ2v) is 3.48. The van der Waals surface area contributed by atoms with E-state index in [1.165, 1.54) is 5.56 Å². The fourth-order valence-corrected chi connectivity index (χ4v) is 1.84. The molecular formula is C10H9BrN2. The molecule has 2 heterocycles. The first-order valence-electron chi connectivity index (χ1n) is 4.08. The number of fused-ring (bicyclic) bond motifs is 1. The van der Waals surface area contributed by atoms with Crippen LogP contribution in [-0.4, -0.2) is 9.97 Å². The molecule has 13 heavy (non-hydrogen) atoms. The highest BCUT2D eigenvalue weighted by Gasteiger charge is 2.01. The molecule has 0 aliphatic rings. The van der Waals surface area contributed by atoms with E-state index in [-0.39, 0.29) is 0 Å². The van der Waals surface area contributed by atoms with E-state index in [4.69, 9.17) is 0 Å². The highest BCUT2D eigenvalue weighted by atomic mass is 79.9. The standard InChI is InChI=1S/C10H9BrN2/c1-7-9(6-11)5-8-3-2-4-12-10(8)13-7/h2-5H,6H2,1H3. The average Bonchev–Trinajstić information content (AvgIpc) is 2.17. The van der Waals surface area contributed by atoms with Crippen molar-refractivity contribution in [1.29, 1.82) is 0 Å². The molecule has 3 heteroatoms. The number of pyridine rings is 2. The van der Waals surface area contributed by atoms with Gasteiger partial charge in [-0.05, 0) is 30.7 Å². The molecule has 0 aliphatic heterocycles. The molecule has 0 bridgehead atoms. The zero-order valence-electron chi connectivity index (χ0n) is 7.29. The minimum absolute atomic E-state index is 0.824. The first-order chi connectivity index (χ1) is 6.31. The van der Waals surface area contributed by atoms with Crippen LogP contribution in [-0.2, 0) is 5.33 Å². The van der Waals surface area contributed by atoms with Crippen molar-refractivity contribution in [2.24, 2.45) is 0 Å². The number of hydrogen-bond donors (Lipinski definition) is 0. The maximum Gasteiger partial charge on any atom is 0.159 e. The van der Waals surface area contributed by atoms with Crippen molar-refractivity contribution < 1.29 is 0 Å². The topological polar surface area (TPSA) is 25.8 Å². The summed E-state index contributed by atoms with van der Waals surface area (Å²) in [5.41, 5.74) is 3.09. The number of aryl methyl sites for hydroxylation is 1. The fraction of sp³-hybridized carbons (Fsp3) is 0.200. The minimum Gasteiger partial charge on any atom is -0.237 e. The zero-order chi connectivity index (χ0) is 9.26. The number of nitrogens with zero attached hydrogens (tertiary/aromatic N) is 2. The molecule has 2 rings (SSSR count). The molecule has 0 radical (unpaired) electrons. The predicted octanol–water partition coefficient (Wildman–Crippen LogP) is 2.83. The quantitative estimate of drug-likeness (QED) is 0.712. The van der Waals surface area contributed by atoms with E-state index in [1.807, 2.05) is 19.1 Å². The molecule has 2 aromatic rings. The van der Waals surface area contributed by atoms with Crippen LogP contribution < -0.4 is 0 Å². The Morgan fingerprint density at radius 3 is 3.08 bits per heavy atom. The van der Waals surface area contributed by atoms with Crippen molar-refractivity contribution in [2.75, 3.05) is 0 Å². The molecule has 0 unspecified atom stereocenters. The number of halogens is 1. The van der Waals surface area contributed by atoms with Gasteiger partial charge in [0, 0.05) is 22.6 Å². The molecule has 0 saturated carbocycles. The van der Waals surface area contributed by atoms with Crippen LogP contribution in [0.1, 0.15) is 11.3 Å². The van der Waals surface area contributed by atoms with Gasteiger partial charge in [0.05, 0.1) is 0 Å². The third-order valence-electron chi connectivity index (χ3n) is 2.03. The van der Waals surface area contributed by atoms with E-state index < -0.39 is 0 Å². The molecule has 66 valence electrons. The monoisotopic (exact) mass is 236 g/mol. The maximum absolute atomic E-state index is 4.41. The number of rotatable bonds is 1. The summed E-state index contributed by atoms with van der Waals surface area (Å²) in [7, 11) is 0. The van der Waals surface area contributed by atoms with Gasteiger partial charge in [-0.1, -0.05) is 15.9 Å². The van der Waals surface area contributed by atoms with E-state index >= 15 is 0 Å². The van der Waals surface area contributed by atoms with Crippen molar-refractivity contribution in [1.82, 2.24) is 9.97 Å². The predicted molar refractivity (Wildman–Crippen MR) is 56.9 cm³/mol. The van der Waals surface area contributed by atoms with Gasteiger partial charge in [-0.3, -0.25) is 0 Å². The molecule has 0 spiro atoms. The lowest BCUT2D eigenvalue weighted by Crippen LogP contribution is -1.92. The Labute approximate surface area is 85.1 Å². The summed E-state index contributed by atoms with van der Waals surface area (Å²) < 4.78 is 0. The van der Waals surface area contributed by atoms with E-state index in [0.29, 0.717) is 0 Å². The number of aromatic nitrogens is 2. The van der Waals surface area contributed by atoms with Gasteiger partial charge in [0.2, 0.25) is 0 Å². The van der Waals surface area contributed by atoms with Crippen LogP contribution in [0.2, 0.25) is 0 Å². The lowest BCUT2D eigenvalue weighted by Gasteiger charge is -2.02. The summed E-state index contributed by atoms with van der Waals surface area (Å²) >= 11 is 3.43. The van der Waals surface area contributed by atoms with Gasteiger partial charge >= 0.3 is 0 Å². The van der Waals surface area contributed by atoms with Gasteiger partial charge in [0.15, 0.2) is 5.65 Å². The third kappa shape index (κ3) is 1.56. The average molecular weight is 237 g/mol. The van der Waals surface area contributed by atoms with Crippen LogP contribution >= 0.6 is 15.9 Å². The van der Waals surface area contributed by atoms with E-state index in [2.05, 4.69) is 32.0 Å². The van der Waals surface area contributed by atoms with Crippen molar-refractivity contribution in [3.05, 3.63) is 35.7 Å². The van der Waals surface area contributed by atoms with E-state index in [1.54, 1.807) is 6.20 Å². The Hall–Kier alpha value is -0.960. The molecule has 0 N–H and O–H groups in total. The third-order valence-corrected chi connectivity index (χ3v) is 2.63. The Bertz CT molecular complexity index is 440. The van der Waals surface area contributed by atoms with Gasteiger partial charge in [0.25, 0.3) is 0 Å². The first kappa shape index (κ1) is 8.63. The van der Waals surface area contributed by atoms with E-state index in [0.717, 1.165) is 22.1 Å².